The predicted molar refractivity (Wildman–Crippen MR) is 109 cm³/mol. The summed E-state index contributed by atoms with van der Waals surface area (Å²) < 4.78 is 54.7. The third kappa shape index (κ3) is 5.99. The molecule has 1 N–H and O–H groups in total. The molecule has 2 aromatic heterocycles. The van der Waals surface area contributed by atoms with Gasteiger partial charge in [-0.15, -0.1) is 10.2 Å². The maximum absolute atomic E-state index is 12.7. The minimum Gasteiger partial charge on any atom is -0.484 e. The lowest BCUT2D eigenvalue weighted by Crippen LogP contribution is -2.43. The van der Waals surface area contributed by atoms with E-state index in [2.05, 4.69) is 20.5 Å². The summed E-state index contributed by atoms with van der Waals surface area (Å²) in [6, 6.07) is 8.69. The van der Waals surface area contributed by atoms with Gasteiger partial charge in [-0.25, -0.2) is 0 Å². The SMILES string of the molecule is O=C(COc1ccnc(C(F)(F)F)c1)N[C@@H]1CC[C@@H](c2nnc(-c3ccc(Cl)cc3)o2)OC1. The number of carbonyl (C=O) groups is 1. The molecule has 1 fully saturated rings. The van der Waals surface area contributed by atoms with Gasteiger partial charge in [-0.3, -0.25) is 9.78 Å². The highest BCUT2D eigenvalue weighted by atomic mass is 35.5. The number of carbonyl (C=O) groups excluding carboxylic acids is 1. The van der Waals surface area contributed by atoms with Gasteiger partial charge in [0.1, 0.15) is 17.5 Å². The number of hydrogen-bond donors (Lipinski definition) is 1. The highest BCUT2D eigenvalue weighted by Gasteiger charge is 2.33. The molecular weight excluding hydrogens is 465 g/mol. The Morgan fingerprint density at radius 1 is 1.18 bits per heavy atom. The van der Waals surface area contributed by atoms with E-state index in [1.165, 1.54) is 6.07 Å². The minimum atomic E-state index is -4.59. The second kappa shape index (κ2) is 9.75. The van der Waals surface area contributed by atoms with Crippen molar-refractivity contribution in [3.63, 3.8) is 0 Å². The number of pyridine rings is 1. The van der Waals surface area contributed by atoms with E-state index in [0.29, 0.717) is 29.6 Å². The molecule has 4 rings (SSSR count). The van der Waals surface area contributed by atoms with Gasteiger partial charge in [-0.2, -0.15) is 13.2 Å². The normalized spacial score (nSPS) is 18.7. The van der Waals surface area contributed by atoms with Gasteiger partial charge in [-0.1, -0.05) is 11.6 Å². The maximum atomic E-state index is 12.7. The van der Waals surface area contributed by atoms with Crippen molar-refractivity contribution >= 4 is 17.5 Å². The van der Waals surface area contributed by atoms with Crippen LogP contribution in [0, 0.1) is 0 Å². The zero-order chi connectivity index (χ0) is 23.4. The monoisotopic (exact) mass is 482 g/mol. The summed E-state index contributed by atoms with van der Waals surface area (Å²) in [5.74, 6) is 0.115. The Morgan fingerprint density at radius 3 is 2.67 bits per heavy atom. The molecule has 3 aromatic rings. The molecule has 0 spiro atoms. The van der Waals surface area contributed by atoms with Crippen LogP contribution in [0.1, 0.15) is 30.5 Å². The van der Waals surface area contributed by atoms with Crippen molar-refractivity contribution < 1.29 is 31.9 Å². The van der Waals surface area contributed by atoms with Crippen molar-refractivity contribution in [3.8, 4) is 17.2 Å². The van der Waals surface area contributed by atoms with E-state index in [0.717, 1.165) is 17.8 Å². The van der Waals surface area contributed by atoms with Crippen molar-refractivity contribution in [3.05, 3.63) is 59.2 Å². The number of aromatic nitrogens is 3. The highest BCUT2D eigenvalue weighted by Crippen LogP contribution is 2.30. The van der Waals surface area contributed by atoms with Gasteiger partial charge in [-0.05, 0) is 43.2 Å². The second-order valence-electron chi connectivity index (χ2n) is 7.28. The molecule has 2 atom stereocenters. The van der Waals surface area contributed by atoms with E-state index in [1.807, 2.05) is 0 Å². The standard InChI is InChI=1S/C21H18ClF3N4O4/c22-13-3-1-12(2-4-13)19-28-29-20(33-19)16-6-5-14(10-32-16)27-18(30)11-31-15-7-8-26-17(9-15)21(23,24)25/h1-4,7-9,14,16H,5-6,10-11H2,(H,27,30)/t14-,16+/m1/s1. The zero-order valence-corrected chi connectivity index (χ0v) is 17.8. The molecule has 1 amide bonds. The molecular formula is C21H18ClF3N4O4. The van der Waals surface area contributed by atoms with E-state index in [4.69, 9.17) is 25.5 Å². The second-order valence-corrected chi connectivity index (χ2v) is 7.72. The van der Waals surface area contributed by atoms with E-state index >= 15 is 0 Å². The Kier molecular flexibility index (Phi) is 6.80. The average Bonchev–Trinajstić information content (AvgIpc) is 3.29. The number of benzene rings is 1. The van der Waals surface area contributed by atoms with E-state index in [1.54, 1.807) is 24.3 Å². The Balaban J connectivity index is 1.24. The zero-order valence-electron chi connectivity index (χ0n) is 17.0. The molecule has 1 aliphatic heterocycles. The number of hydrogen-bond acceptors (Lipinski definition) is 7. The van der Waals surface area contributed by atoms with Gasteiger partial charge in [0.15, 0.2) is 6.61 Å². The van der Waals surface area contributed by atoms with Crippen LogP contribution in [-0.2, 0) is 15.7 Å². The van der Waals surface area contributed by atoms with Gasteiger partial charge in [0.25, 0.3) is 5.91 Å². The fourth-order valence-electron chi connectivity index (χ4n) is 3.21. The molecule has 12 heteroatoms. The summed E-state index contributed by atoms with van der Waals surface area (Å²) in [6.45, 7) is -0.224. The Labute approximate surface area is 191 Å². The lowest BCUT2D eigenvalue weighted by atomic mass is 10.0. The number of nitrogens with one attached hydrogen (secondary N) is 1. The fraction of sp³-hybridized carbons (Fsp3) is 0.333. The molecule has 1 saturated heterocycles. The van der Waals surface area contributed by atoms with Crippen LogP contribution >= 0.6 is 11.6 Å². The third-order valence-corrected chi connectivity index (χ3v) is 5.09. The smallest absolute Gasteiger partial charge is 0.433 e. The summed E-state index contributed by atoms with van der Waals surface area (Å²) in [5, 5.41) is 11.4. The Morgan fingerprint density at radius 2 is 1.97 bits per heavy atom. The first-order valence-corrected chi connectivity index (χ1v) is 10.3. The van der Waals surface area contributed by atoms with E-state index in [-0.39, 0.29) is 18.4 Å². The van der Waals surface area contributed by atoms with Crippen LogP contribution < -0.4 is 10.1 Å². The number of halogens is 4. The first-order valence-electron chi connectivity index (χ1n) is 9.94. The Hall–Kier alpha value is -3.18. The molecule has 0 bridgehead atoms. The molecule has 1 aromatic carbocycles. The molecule has 0 radical (unpaired) electrons. The lowest BCUT2D eigenvalue weighted by molar-refractivity contribution is -0.141. The first-order chi connectivity index (χ1) is 15.8. The molecule has 33 heavy (non-hydrogen) atoms. The highest BCUT2D eigenvalue weighted by molar-refractivity contribution is 6.30. The molecule has 0 unspecified atom stereocenters. The number of nitrogens with zero attached hydrogens (tertiary/aromatic N) is 3. The van der Waals surface area contributed by atoms with Crippen LogP contribution in [0.5, 0.6) is 5.75 Å². The molecule has 1 aliphatic rings. The predicted octanol–water partition coefficient (Wildman–Crippen LogP) is 4.22. The van der Waals surface area contributed by atoms with Gasteiger partial charge < -0.3 is 19.2 Å². The number of rotatable bonds is 6. The lowest BCUT2D eigenvalue weighted by Gasteiger charge is -2.27. The summed E-state index contributed by atoms with van der Waals surface area (Å²) in [4.78, 5) is 15.4. The van der Waals surface area contributed by atoms with Crippen molar-refractivity contribution in [1.29, 1.82) is 0 Å². The minimum absolute atomic E-state index is 0.0969. The van der Waals surface area contributed by atoms with Crippen LogP contribution in [-0.4, -0.2) is 40.3 Å². The average molecular weight is 483 g/mol. The topological polar surface area (TPSA) is 99.4 Å². The summed E-state index contributed by atoms with van der Waals surface area (Å²) in [7, 11) is 0. The first kappa shape index (κ1) is 23.0. The quantitative estimate of drug-likeness (QED) is 0.561. The number of amides is 1. The van der Waals surface area contributed by atoms with Gasteiger partial charge in [0.2, 0.25) is 11.8 Å². The van der Waals surface area contributed by atoms with E-state index in [9.17, 15) is 18.0 Å². The van der Waals surface area contributed by atoms with Crippen molar-refractivity contribution in [2.24, 2.45) is 0 Å². The Bertz CT molecular complexity index is 1100. The van der Waals surface area contributed by atoms with Crippen LogP contribution in [0.2, 0.25) is 5.02 Å². The largest absolute Gasteiger partial charge is 0.484 e. The van der Waals surface area contributed by atoms with E-state index < -0.39 is 30.5 Å². The number of ether oxygens (including phenoxy) is 2. The fourth-order valence-corrected chi connectivity index (χ4v) is 3.33. The van der Waals surface area contributed by atoms with Crippen LogP contribution in [0.4, 0.5) is 13.2 Å². The van der Waals surface area contributed by atoms with Gasteiger partial charge in [0.05, 0.1) is 12.6 Å². The molecule has 0 saturated carbocycles. The van der Waals surface area contributed by atoms with Gasteiger partial charge >= 0.3 is 6.18 Å². The molecule has 174 valence electrons. The summed E-state index contributed by atoms with van der Waals surface area (Å²) in [5.41, 5.74) is -0.358. The van der Waals surface area contributed by atoms with Gasteiger partial charge in [0, 0.05) is 22.8 Å². The summed E-state index contributed by atoms with van der Waals surface area (Å²) >= 11 is 5.88. The maximum Gasteiger partial charge on any atom is 0.433 e. The van der Waals surface area contributed by atoms with Crippen molar-refractivity contribution in [2.75, 3.05) is 13.2 Å². The molecule has 3 heterocycles. The number of alkyl halides is 3. The van der Waals surface area contributed by atoms with Crippen LogP contribution in [0.3, 0.4) is 0 Å². The van der Waals surface area contributed by atoms with Crippen molar-refractivity contribution in [1.82, 2.24) is 20.5 Å². The van der Waals surface area contributed by atoms with Crippen molar-refractivity contribution in [2.45, 2.75) is 31.2 Å². The molecule has 0 aliphatic carbocycles. The third-order valence-electron chi connectivity index (χ3n) is 4.84. The van der Waals surface area contributed by atoms with Crippen LogP contribution in [0.15, 0.2) is 47.0 Å². The summed E-state index contributed by atoms with van der Waals surface area (Å²) in [6.07, 6.45) is -2.90. The van der Waals surface area contributed by atoms with Crippen LogP contribution in [0.25, 0.3) is 11.5 Å². The molecule has 8 nitrogen and oxygen atoms in total.